The summed E-state index contributed by atoms with van der Waals surface area (Å²) >= 11 is 0. The van der Waals surface area contributed by atoms with E-state index in [1.54, 1.807) is 24.3 Å². The first-order valence-electron chi connectivity index (χ1n) is 6.66. The van der Waals surface area contributed by atoms with Crippen LogP contribution in [0.4, 0.5) is 0 Å². The molecular weight excluding hydrogens is 256 g/mol. The molecule has 20 heavy (non-hydrogen) atoms. The van der Waals surface area contributed by atoms with Crippen LogP contribution in [0.1, 0.15) is 34.9 Å². The van der Waals surface area contributed by atoms with Crippen LogP contribution in [-0.2, 0) is 9.47 Å². The lowest BCUT2D eigenvalue weighted by Gasteiger charge is -2.15. The first kappa shape index (κ1) is 12.9. The molecule has 1 fully saturated rings. The van der Waals surface area contributed by atoms with Crippen molar-refractivity contribution in [3.05, 3.63) is 41.5 Å². The molecule has 1 aliphatic rings. The van der Waals surface area contributed by atoms with Crippen molar-refractivity contribution in [2.45, 2.75) is 18.9 Å². The predicted octanol–water partition coefficient (Wildman–Crippen LogP) is 3.18. The van der Waals surface area contributed by atoms with Crippen molar-refractivity contribution in [3.8, 4) is 5.75 Å². The summed E-state index contributed by atoms with van der Waals surface area (Å²) in [4.78, 5) is 11.6. The number of carbonyl (C=O) groups excluding carboxylic acids is 1. The first-order valence-corrected chi connectivity index (χ1v) is 6.66. The largest absolute Gasteiger partial charge is 0.508 e. The van der Waals surface area contributed by atoms with E-state index in [0.29, 0.717) is 5.56 Å². The average Bonchev–Trinajstić information content (AvgIpc) is 2.99. The van der Waals surface area contributed by atoms with E-state index in [-0.39, 0.29) is 17.8 Å². The topological polar surface area (TPSA) is 55.8 Å². The zero-order chi connectivity index (χ0) is 14.1. The molecule has 104 valence electrons. The van der Waals surface area contributed by atoms with Crippen molar-refractivity contribution in [2.24, 2.45) is 0 Å². The number of carbonyl (C=O) groups is 1. The summed E-state index contributed by atoms with van der Waals surface area (Å²) in [5.74, 6) is -0.117. The number of esters is 1. The highest BCUT2D eigenvalue weighted by molar-refractivity contribution is 5.97. The van der Waals surface area contributed by atoms with Crippen LogP contribution >= 0.6 is 0 Å². The number of benzene rings is 2. The Hall–Kier alpha value is -2.07. The maximum Gasteiger partial charge on any atom is 0.337 e. The average molecular weight is 272 g/mol. The summed E-state index contributed by atoms with van der Waals surface area (Å²) < 4.78 is 10.4. The molecule has 4 heteroatoms. The van der Waals surface area contributed by atoms with Crippen LogP contribution < -0.4 is 0 Å². The van der Waals surface area contributed by atoms with Gasteiger partial charge in [0.05, 0.1) is 18.8 Å². The van der Waals surface area contributed by atoms with Gasteiger partial charge in [-0.2, -0.15) is 0 Å². The van der Waals surface area contributed by atoms with E-state index in [2.05, 4.69) is 0 Å². The lowest BCUT2D eigenvalue weighted by atomic mass is 9.96. The number of hydrogen-bond donors (Lipinski definition) is 1. The Bertz CT molecular complexity index is 657. The second-order valence-corrected chi connectivity index (χ2v) is 4.93. The Balaban J connectivity index is 2.14. The summed E-state index contributed by atoms with van der Waals surface area (Å²) in [6, 6.07) is 8.79. The Labute approximate surface area is 116 Å². The van der Waals surface area contributed by atoms with Gasteiger partial charge in [0, 0.05) is 12.2 Å². The zero-order valence-electron chi connectivity index (χ0n) is 11.3. The van der Waals surface area contributed by atoms with Gasteiger partial charge in [0.15, 0.2) is 0 Å². The fraction of sp³-hybridized carbons (Fsp3) is 0.312. The van der Waals surface area contributed by atoms with Crippen LogP contribution in [0, 0.1) is 0 Å². The molecule has 0 saturated carbocycles. The number of aromatic hydroxyl groups is 1. The third kappa shape index (κ3) is 2.12. The molecule has 0 aliphatic carbocycles. The summed E-state index contributed by atoms with van der Waals surface area (Å²) in [5.41, 5.74) is 1.32. The van der Waals surface area contributed by atoms with Crippen LogP contribution in [0.5, 0.6) is 5.75 Å². The van der Waals surface area contributed by atoms with Gasteiger partial charge < -0.3 is 14.6 Å². The number of fused-ring (bicyclic) bond motifs is 1. The van der Waals surface area contributed by atoms with Gasteiger partial charge in [0.25, 0.3) is 0 Å². The molecule has 1 saturated heterocycles. The Morgan fingerprint density at radius 2 is 2.20 bits per heavy atom. The van der Waals surface area contributed by atoms with Gasteiger partial charge in [-0.15, -0.1) is 0 Å². The van der Waals surface area contributed by atoms with Gasteiger partial charge in [-0.3, -0.25) is 0 Å². The van der Waals surface area contributed by atoms with E-state index in [4.69, 9.17) is 9.47 Å². The van der Waals surface area contributed by atoms with E-state index in [1.165, 1.54) is 7.11 Å². The molecule has 0 spiro atoms. The third-order valence-corrected chi connectivity index (χ3v) is 3.71. The fourth-order valence-corrected chi connectivity index (χ4v) is 2.73. The van der Waals surface area contributed by atoms with E-state index >= 15 is 0 Å². The third-order valence-electron chi connectivity index (χ3n) is 3.71. The summed E-state index contributed by atoms with van der Waals surface area (Å²) in [6.45, 7) is 0.723. The van der Waals surface area contributed by atoms with E-state index in [9.17, 15) is 9.90 Å². The number of ether oxygens (including phenoxy) is 2. The molecule has 3 rings (SSSR count). The van der Waals surface area contributed by atoms with Crippen molar-refractivity contribution in [1.29, 1.82) is 0 Å². The van der Waals surface area contributed by atoms with Gasteiger partial charge >= 0.3 is 5.97 Å². The monoisotopic (exact) mass is 272 g/mol. The summed E-state index contributed by atoms with van der Waals surface area (Å²) in [6.07, 6.45) is 1.84. The zero-order valence-corrected chi connectivity index (χ0v) is 11.3. The Kier molecular flexibility index (Phi) is 3.32. The molecule has 2 aromatic rings. The minimum absolute atomic E-state index is 0.0670. The van der Waals surface area contributed by atoms with Crippen molar-refractivity contribution in [2.75, 3.05) is 13.7 Å². The number of phenols is 1. The quantitative estimate of drug-likeness (QED) is 0.853. The van der Waals surface area contributed by atoms with Gasteiger partial charge in [-0.05, 0) is 41.8 Å². The maximum absolute atomic E-state index is 11.6. The van der Waals surface area contributed by atoms with E-state index in [1.807, 2.05) is 6.07 Å². The van der Waals surface area contributed by atoms with Gasteiger partial charge in [-0.1, -0.05) is 12.1 Å². The molecular formula is C16H16O4. The van der Waals surface area contributed by atoms with Crippen LogP contribution in [-0.4, -0.2) is 24.8 Å². The van der Waals surface area contributed by atoms with Crippen LogP contribution in [0.3, 0.4) is 0 Å². The predicted molar refractivity (Wildman–Crippen MR) is 74.9 cm³/mol. The molecule has 1 N–H and O–H groups in total. The highest BCUT2D eigenvalue weighted by atomic mass is 16.5. The normalized spacial score (nSPS) is 18.4. The molecule has 1 atom stereocenters. The first-order chi connectivity index (χ1) is 9.70. The molecule has 0 amide bonds. The smallest absolute Gasteiger partial charge is 0.337 e. The molecule has 1 heterocycles. The molecule has 0 radical (unpaired) electrons. The molecule has 1 aliphatic heterocycles. The lowest BCUT2D eigenvalue weighted by molar-refractivity contribution is 0.0601. The highest BCUT2D eigenvalue weighted by Crippen LogP contribution is 2.39. The van der Waals surface area contributed by atoms with Crippen molar-refractivity contribution < 1.29 is 19.4 Å². The molecule has 0 aromatic heterocycles. The SMILES string of the molecule is COC(=O)c1ccc2c(C3CCCO3)c(O)ccc2c1. The number of hydrogen-bond acceptors (Lipinski definition) is 4. The number of methoxy groups -OCH3 is 1. The Morgan fingerprint density at radius 1 is 1.35 bits per heavy atom. The number of phenolic OH excluding ortho intramolecular Hbond substituents is 1. The minimum atomic E-state index is -0.362. The van der Waals surface area contributed by atoms with Gasteiger partial charge in [0.2, 0.25) is 0 Å². The van der Waals surface area contributed by atoms with Gasteiger partial charge in [0.1, 0.15) is 5.75 Å². The van der Waals surface area contributed by atoms with Crippen LogP contribution in [0.15, 0.2) is 30.3 Å². The van der Waals surface area contributed by atoms with E-state index < -0.39 is 0 Å². The maximum atomic E-state index is 11.6. The summed E-state index contributed by atoms with van der Waals surface area (Å²) in [5, 5.41) is 11.9. The Morgan fingerprint density at radius 3 is 2.90 bits per heavy atom. The lowest BCUT2D eigenvalue weighted by Crippen LogP contribution is -2.02. The molecule has 1 unspecified atom stereocenters. The number of rotatable bonds is 2. The van der Waals surface area contributed by atoms with Crippen molar-refractivity contribution in [1.82, 2.24) is 0 Å². The van der Waals surface area contributed by atoms with Crippen molar-refractivity contribution >= 4 is 16.7 Å². The second kappa shape index (κ2) is 5.13. The molecule has 2 aromatic carbocycles. The summed E-state index contributed by atoms with van der Waals surface area (Å²) in [7, 11) is 1.36. The molecule has 0 bridgehead atoms. The van der Waals surface area contributed by atoms with E-state index in [0.717, 1.165) is 35.8 Å². The molecule has 4 nitrogen and oxygen atoms in total. The second-order valence-electron chi connectivity index (χ2n) is 4.93. The highest BCUT2D eigenvalue weighted by Gasteiger charge is 2.23. The van der Waals surface area contributed by atoms with Gasteiger partial charge in [-0.25, -0.2) is 4.79 Å². The fourth-order valence-electron chi connectivity index (χ4n) is 2.73. The van der Waals surface area contributed by atoms with Crippen molar-refractivity contribution in [3.63, 3.8) is 0 Å². The van der Waals surface area contributed by atoms with Crippen LogP contribution in [0.2, 0.25) is 0 Å². The standard InChI is InChI=1S/C16H16O4/c1-19-16(18)11-4-6-12-10(9-11)5-7-13(17)15(12)14-3-2-8-20-14/h4-7,9,14,17H,2-3,8H2,1H3. The van der Waals surface area contributed by atoms with Crippen LogP contribution in [0.25, 0.3) is 10.8 Å². The minimum Gasteiger partial charge on any atom is -0.508 e.